The van der Waals surface area contributed by atoms with Crippen molar-refractivity contribution < 1.29 is 29.0 Å². The van der Waals surface area contributed by atoms with Gasteiger partial charge in [0.15, 0.2) is 5.78 Å². The average molecular weight is 435 g/mol. The van der Waals surface area contributed by atoms with E-state index < -0.39 is 11.5 Å². The fourth-order valence-electron chi connectivity index (χ4n) is 5.35. The third-order valence-corrected chi connectivity index (χ3v) is 7.68. The first-order chi connectivity index (χ1) is 14.5. The first kappa shape index (κ1) is 24.0. The number of carbonyl (C=O) groups excluding carboxylic acids is 3. The van der Waals surface area contributed by atoms with Crippen molar-refractivity contribution >= 4 is 17.7 Å². The monoisotopic (exact) mass is 434 g/mol. The standard InChI is InChI=1S/C25H38O6/c1-6-25(4,5)24(29)31-21-10-14(2)9-16-11-20(27)15(3)19(23(16)21)8-7-18-12-17(26)13-22(28)30-18/h11,14-15,17-19,21,23,26H,6-10,12-13H2,1-5H3/t14?,15-,17+,18+,19+,21-,23-/m0/s1. The topological polar surface area (TPSA) is 89.9 Å². The number of ether oxygens (including phenoxy) is 2. The van der Waals surface area contributed by atoms with E-state index in [1.54, 1.807) is 6.08 Å². The molecule has 1 aliphatic heterocycles. The number of ketones is 1. The molecule has 0 bridgehead atoms. The van der Waals surface area contributed by atoms with Crippen LogP contribution in [-0.2, 0) is 23.9 Å². The number of aliphatic hydroxyl groups is 1. The average Bonchev–Trinajstić information content (AvgIpc) is 2.67. The molecule has 6 heteroatoms. The molecule has 6 nitrogen and oxygen atoms in total. The lowest BCUT2D eigenvalue weighted by atomic mass is 9.62. The summed E-state index contributed by atoms with van der Waals surface area (Å²) in [4.78, 5) is 37.3. The van der Waals surface area contributed by atoms with Gasteiger partial charge in [-0.05, 0) is 63.9 Å². The van der Waals surface area contributed by atoms with E-state index in [1.165, 1.54) is 0 Å². The maximum atomic E-state index is 12.9. The highest BCUT2D eigenvalue weighted by atomic mass is 16.6. The van der Waals surface area contributed by atoms with Crippen molar-refractivity contribution in [1.29, 1.82) is 0 Å². The Hall–Kier alpha value is -1.69. The van der Waals surface area contributed by atoms with Gasteiger partial charge in [-0.3, -0.25) is 14.4 Å². The zero-order valence-electron chi connectivity index (χ0n) is 19.6. The summed E-state index contributed by atoms with van der Waals surface area (Å²) in [6, 6.07) is 0. The lowest BCUT2D eigenvalue weighted by molar-refractivity contribution is -0.167. The minimum Gasteiger partial charge on any atom is -0.462 e. The van der Waals surface area contributed by atoms with Crippen molar-refractivity contribution in [2.75, 3.05) is 0 Å². The molecule has 0 amide bonds. The van der Waals surface area contributed by atoms with Crippen LogP contribution >= 0.6 is 0 Å². The molecular formula is C25H38O6. The largest absolute Gasteiger partial charge is 0.462 e. The Bertz CT molecular complexity index is 738. The quantitative estimate of drug-likeness (QED) is 0.636. The highest BCUT2D eigenvalue weighted by molar-refractivity contribution is 5.93. The van der Waals surface area contributed by atoms with E-state index in [0.29, 0.717) is 31.6 Å². The Labute approximate surface area is 185 Å². The summed E-state index contributed by atoms with van der Waals surface area (Å²) in [5.41, 5.74) is 0.558. The van der Waals surface area contributed by atoms with Crippen LogP contribution in [0.2, 0.25) is 0 Å². The summed E-state index contributed by atoms with van der Waals surface area (Å²) >= 11 is 0. The number of hydrogen-bond acceptors (Lipinski definition) is 6. The zero-order chi connectivity index (χ0) is 22.9. The minimum absolute atomic E-state index is 0.0183. The van der Waals surface area contributed by atoms with E-state index in [4.69, 9.17) is 9.47 Å². The molecule has 1 N–H and O–H groups in total. The second kappa shape index (κ2) is 9.43. The van der Waals surface area contributed by atoms with Gasteiger partial charge in [0.05, 0.1) is 17.9 Å². The Morgan fingerprint density at radius 2 is 1.90 bits per heavy atom. The number of esters is 2. The van der Waals surface area contributed by atoms with Gasteiger partial charge < -0.3 is 14.6 Å². The fourth-order valence-corrected chi connectivity index (χ4v) is 5.35. The molecule has 0 aromatic carbocycles. The molecule has 2 aliphatic carbocycles. The normalized spacial score (nSPS) is 36.3. The Morgan fingerprint density at radius 3 is 2.55 bits per heavy atom. The number of carbonyl (C=O) groups is 3. The predicted octanol–water partition coefficient (Wildman–Crippen LogP) is 3.99. The maximum absolute atomic E-state index is 12.9. The number of hydrogen-bond donors (Lipinski definition) is 1. The van der Waals surface area contributed by atoms with Gasteiger partial charge in [-0.25, -0.2) is 0 Å². The summed E-state index contributed by atoms with van der Waals surface area (Å²) in [5, 5.41) is 9.92. The van der Waals surface area contributed by atoms with E-state index >= 15 is 0 Å². The molecule has 2 fully saturated rings. The lowest BCUT2D eigenvalue weighted by Gasteiger charge is -2.46. The van der Waals surface area contributed by atoms with E-state index in [9.17, 15) is 19.5 Å². The van der Waals surface area contributed by atoms with E-state index in [0.717, 1.165) is 18.4 Å². The maximum Gasteiger partial charge on any atom is 0.311 e. The van der Waals surface area contributed by atoms with Crippen molar-refractivity contribution in [3.63, 3.8) is 0 Å². The molecule has 0 aromatic heterocycles. The summed E-state index contributed by atoms with van der Waals surface area (Å²) < 4.78 is 11.5. The van der Waals surface area contributed by atoms with Crippen LogP contribution in [0.15, 0.2) is 11.6 Å². The molecule has 3 aliphatic rings. The molecular weight excluding hydrogens is 396 g/mol. The van der Waals surface area contributed by atoms with Gasteiger partial charge in [0.1, 0.15) is 12.2 Å². The Kier molecular flexibility index (Phi) is 7.29. The number of cyclic esters (lactones) is 1. The fraction of sp³-hybridized carbons (Fsp3) is 0.800. The molecule has 1 saturated heterocycles. The Balaban J connectivity index is 1.80. The molecule has 3 rings (SSSR count). The number of allylic oxidation sites excluding steroid dienone is 1. The molecule has 31 heavy (non-hydrogen) atoms. The lowest BCUT2D eigenvalue weighted by Crippen LogP contribution is -2.46. The number of fused-ring (bicyclic) bond motifs is 1. The van der Waals surface area contributed by atoms with E-state index in [1.807, 2.05) is 27.7 Å². The second-order valence-corrected chi connectivity index (χ2v) is 10.6. The van der Waals surface area contributed by atoms with Crippen LogP contribution in [0.5, 0.6) is 0 Å². The van der Waals surface area contributed by atoms with Gasteiger partial charge in [0, 0.05) is 18.3 Å². The van der Waals surface area contributed by atoms with Crippen LogP contribution in [-0.4, -0.2) is 41.1 Å². The SMILES string of the molecule is CCC(C)(C)C(=O)O[C@H]1CC(C)CC2=CC(=O)[C@@H](C)[C@@H](CC[C@@H]3C[C@@H](O)CC(=O)O3)[C@H]21. The summed E-state index contributed by atoms with van der Waals surface area (Å²) in [5.74, 6) is -0.193. The van der Waals surface area contributed by atoms with Crippen LogP contribution in [0.3, 0.4) is 0 Å². The van der Waals surface area contributed by atoms with Crippen LogP contribution in [0, 0.1) is 29.1 Å². The van der Waals surface area contributed by atoms with Crippen molar-refractivity contribution in [3.05, 3.63) is 11.6 Å². The third kappa shape index (κ3) is 5.39. The molecule has 1 heterocycles. The molecule has 0 aromatic rings. The molecule has 7 atom stereocenters. The van der Waals surface area contributed by atoms with Gasteiger partial charge in [-0.15, -0.1) is 0 Å². The highest BCUT2D eigenvalue weighted by Gasteiger charge is 2.46. The van der Waals surface area contributed by atoms with E-state index in [2.05, 4.69) is 6.92 Å². The number of aliphatic hydroxyl groups excluding tert-OH is 1. The van der Waals surface area contributed by atoms with Crippen molar-refractivity contribution in [3.8, 4) is 0 Å². The van der Waals surface area contributed by atoms with Gasteiger partial charge in [-0.2, -0.15) is 0 Å². The van der Waals surface area contributed by atoms with Crippen molar-refractivity contribution in [1.82, 2.24) is 0 Å². The summed E-state index contributed by atoms with van der Waals surface area (Å²) in [6.07, 6.45) is 4.69. The van der Waals surface area contributed by atoms with Crippen LogP contribution in [0.25, 0.3) is 0 Å². The van der Waals surface area contributed by atoms with Crippen molar-refractivity contribution in [2.24, 2.45) is 29.1 Å². The number of rotatable bonds is 6. The van der Waals surface area contributed by atoms with Gasteiger partial charge in [0.25, 0.3) is 0 Å². The molecule has 174 valence electrons. The second-order valence-electron chi connectivity index (χ2n) is 10.6. The van der Waals surface area contributed by atoms with Crippen LogP contribution < -0.4 is 0 Å². The first-order valence-electron chi connectivity index (χ1n) is 11.8. The summed E-state index contributed by atoms with van der Waals surface area (Å²) in [7, 11) is 0. The molecule has 1 unspecified atom stereocenters. The van der Waals surface area contributed by atoms with Crippen LogP contribution in [0.1, 0.15) is 79.6 Å². The van der Waals surface area contributed by atoms with Crippen molar-refractivity contribution in [2.45, 2.75) is 97.9 Å². The first-order valence-corrected chi connectivity index (χ1v) is 11.8. The summed E-state index contributed by atoms with van der Waals surface area (Å²) in [6.45, 7) is 9.90. The molecule has 1 saturated carbocycles. The molecule has 0 radical (unpaired) electrons. The molecule has 0 spiro atoms. The zero-order valence-corrected chi connectivity index (χ0v) is 19.6. The van der Waals surface area contributed by atoms with Gasteiger partial charge in [-0.1, -0.05) is 26.3 Å². The Morgan fingerprint density at radius 1 is 1.19 bits per heavy atom. The van der Waals surface area contributed by atoms with Gasteiger partial charge >= 0.3 is 11.9 Å². The third-order valence-electron chi connectivity index (χ3n) is 7.68. The van der Waals surface area contributed by atoms with Crippen LogP contribution in [0.4, 0.5) is 0 Å². The van der Waals surface area contributed by atoms with Gasteiger partial charge in [0.2, 0.25) is 0 Å². The smallest absolute Gasteiger partial charge is 0.311 e. The predicted molar refractivity (Wildman–Crippen MR) is 116 cm³/mol. The minimum atomic E-state index is -0.660. The van der Waals surface area contributed by atoms with E-state index in [-0.39, 0.29) is 54.1 Å². The highest BCUT2D eigenvalue weighted by Crippen LogP contribution is 2.47.